The van der Waals surface area contributed by atoms with Gasteiger partial charge in [0.1, 0.15) is 5.84 Å². The summed E-state index contributed by atoms with van der Waals surface area (Å²) in [5.41, 5.74) is 1.59. The van der Waals surface area contributed by atoms with E-state index in [1.165, 1.54) is 0 Å². The summed E-state index contributed by atoms with van der Waals surface area (Å²) in [5.74, 6) is 1.03. The first-order valence-electron chi connectivity index (χ1n) is 5.38. The molecule has 1 aliphatic rings. The van der Waals surface area contributed by atoms with Crippen LogP contribution in [0.3, 0.4) is 0 Å². The van der Waals surface area contributed by atoms with Gasteiger partial charge in [-0.15, -0.1) is 0 Å². The number of amidine groups is 1. The van der Waals surface area contributed by atoms with Crippen molar-refractivity contribution in [2.24, 2.45) is 4.99 Å². The molecule has 0 saturated carbocycles. The average molecular weight is 217 g/mol. The number of aliphatic imine (C=N–C) groups is 1. The Balaban J connectivity index is 2.05. The number of rotatable bonds is 4. The molecule has 1 heterocycles. The van der Waals surface area contributed by atoms with Gasteiger partial charge in [0.15, 0.2) is 5.78 Å². The van der Waals surface area contributed by atoms with E-state index in [-0.39, 0.29) is 5.78 Å². The Morgan fingerprint density at radius 2 is 2.31 bits per heavy atom. The van der Waals surface area contributed by atoms with Crippen LogP contribution in [0, 0.1) is 0 Å². The van der Waals surface area contributed by atoms with Gasteiger partial charge < -0.3 is 10.6 Å². The molecule has 4 nitrogen and oxygen atoms in total. The molecular weight excluding hydrogens is 202 g/mol. The molecule has 2 N–H and O–H groups in total. The maximum absolute atomic E-state index is 11.4. The molecule has 0 atom stereocenters. The maximum Gasteiger partial charge on any atom is 0.161 e. The van der Waals surface area contributed by atoms with Crippen molar-refractivity contribution < 1.29 is 4.79 Å². The zero-order chi connectivity index (χ0) is 11.4. The lowest BCUT2D eigenvalue weighted by Gasteiger charge is -2.10. The summed E-state index contributed by atoms with van der Waals surface area (Å²) in [6.07, 6.45) is 0. The van der Waals surface area contributed by atoms with E-state index in [2.05, 4.69) is 15.6 Å². The number of carbonyl (C=O) groups is 1. The molecule has 0 radical (unpaired) electrons. The number of nitrogens with one attached hydrogen (secondary N) is 2. The minimum atomic E-state index is 0.0735. The fourth-order valence-corrected chi connectivity index (χ4v) is 1.69. The highest BCUT2D eigenvalue weighted by Crippen LogP contribution is 2.15. The second-order valence-corrected chi connectivity index (χ2v) is 3.71. The highest BCUT2D eigenvalue weighted by molar-refractivity contribution is 6.00. The van der Waals surface area contributed by atoms with Crippen molar-refractivity contribution in [1.82, 2.24) is 5.32 Å². The van der Waals surface area contributed by atoms with Crippen LogP contribution in [-0.4, -0.2) is 31.3 Å². The zero-order valence-electron chi connectivity index (χ0n) is 9.29. The fraction of sp³-hybridized carbons (Fsp3) is 0.333. The highest BCUT2D eigenvalue weighted by atomic mass is 16.1. The minimum absolute atomic E-state index is 0.0735. The third-order valence-corrected chi connectivity index (χ3v) is 2.50. The molecule has 0 amide bonds. The van der Waals surface area contributed by atoms with E-state index in [1.54, 1.807) is 6.92 Å². The van der Waals surface area contributed by atoms with Gasteiger partial charge in [0.05, 0.1) is 13.1 Å². The quantitative estimate of drug-likeness (QED) is 0.747. The van der Waals surface area contributed by atoms with E-state index < -0.39 is 0 Å². The van der Waals surface area contributed by atoms with Gasteiger partial charge in [-0.3, -0.25) is 9.79 Å². The number of nitrogens with zero attached hydrogens (tertiary/aromatic N) is 1. The Bertz CT molecular complexity index is 426. The van der Waals surface area contributed by atoms with Crippen LogP contribution in [0.4, 0.5) is 5.69 Å². The molecule has 0 aromatic heterocycles. The second-order valence-electron chi connectivity index (χ2n) is 3.71. The van der Waals surface area contributed by atoms with Gasteiger partial charge >= 0.3 is 0 Å². The summed E-state index contributed by atoms with van der Waals surface area (Å²) < 4.78 is 0. The number of ketones is 1. The van der Waals surface area contributed by atoms with E-state index >= 15 is 0 Å². The first kappa shape index (κ1) is 10.7. The van der Waals surface area contributed by atoms with E-state index in [0.717, 1.165) is 30.2 Å². The Morgan fingerprint density at radius 3 is 3.00 bits per heavy atom. The molecule has 0 bridgehead atoms. The van der Waals surface area contributed by atoms with Crippen molar-refractivity contribution in [3.05, 3.63) is 29.8 Å². The minimum Gasteiger partial charge on any atom is -0.377 e. The van der Waals surface area contributed by atoms with E-state index in [9.17, 15) is 4.79 Å². The van der Waals surface area contributed by atoms with Crippen LogP contribution >= 0.6 is 0 Å². The Kier molecular flexibility index (Phi) is 3.19. The monoisotopic (exact) mass is 217 g/mol. The Labute approximate surface area is 94.8 Å². The van der Waals surface area contributed by atoms with Crippen LogP contribution in [0.2, 0.25) is 0 Å². The average Bonchev–Trinajstić information content (AvgIpc) is 2.79. The lowest BCUT2D eigenvalue weighted by atomic mass is 10.1. The number of para-hydroxylation sites is 1. The molecule has 1 aromatic carbocycles. The fourth-order valence-electron chi connectivity index (χ4n) is 1.69. The summed E-state index contributed by atoms with van der Waals surface area (Å²) in [6, 6.07) is 7.52. The van der Waals surface area contributed by atoms with Crippen molar-refractivity contribution in [1.29, 1.82) is 0 Å². The van der Waals surface area contributed by atoms with Gasteiger partial charge in [-0.25, -0.2) is 0 Å². The van der Waals surface area contributed by atoms with Crippen molar-refractivity contribution in [3.8, 4) is 0 Å². The number of hydrogen-bond acceptors (Lipinski definition) is 4. The predicted octanol–water partition coefficient (Wildman–Crippen LogP) is 1.30. The summed E-state index contributed by atoms with van der Waals surface area (Å²) in [7, 11) is 0. The van der Waals surface area contributed by atoms with Crippen molar-refractivity contribution in [3.63, 3.8) is 0 Å². The van der Waals surface area contributed by atoms with Crippen molar-refractivity contribution in [2.45, 2.75) is 6.92 Å². The summed E-state index contributed by atoms with van der Waals surface area (Å²) in [4.78, 5) is 15.7. The number of hydrogen-bond donors (Lipinski definition) is 2. The number of benzene rings is 1. The van der Waals surface area contributed by atoms with Crippen LogP contribution in [0.25, 0.3) is 0 Å². The molecule has 0 aliphatic carbocycles. The zero-order valence-corrected chi connectivity index (χ0v) is 9.29. The van der Waals surface area contributed by atoms with E-state index in [4.69, 9.17) is 0 Å². The van der Waals surface area contributed by atoms with Gasteiger partial charge in [0.2, 0.25) is 0 Å². The summed E-state index contributed by atoms with van der Waals surface area (Å²) in [5, 5.41) is 6.40. The Morgan fingerprint density at radius 1 is 1.50 bits per heavy atom. The largest absolute Gasteiger partial charge is 0.377 e. The summed E-state index contributed by atoms with van der Waals surface area (Å²) >= 11 is 0. The standard InChI is InChI=1S/C12H15N3O/c1-9(16)10-4-2-3-5-11(10)15-8-12-13-6-7-14-12/h2-5,15H,6-8H2,1H3,(H,13,14). The van der Waals surface area contributed by atoms with Gasteiger partial charge in [-0.1, -0.05) is 12.1 Å². The van der Waals surface area contributed by atoms with Crippen LogP contribution in [0.1, 0.15) is 17.3 Å². The predicted molar refractivity (Wildman–Crippen MR) is 65.2 cm³/mol. The van der Waals surface area contributed by atoms with Crippen LogP contribution in [0.5, 0.6) is 0 Å². The highest BCUT2D eigenvalue weighted by Gasteiger charge is 2.08. The molecule has 4 heteroatoms. The third kappa shape index (κ3) is 2.39. The molecule has 16 heavy (non-hydrogen) atoms. The number of carbonyl (C=O) groups excluding carboxylic acids is 1. The first-order chi connectivity index (χ1) is 7.77. The van der Waals surface area contributed by atoms with Crippen molar-refractivity contribution >= 4 is 17.3 Å². The SMILES string of the molecule is CC(=O)c1ccccc1NCC1=NCCN1. The van der Waals surface area contributed by atoms with Crippen LogP contribution < -0.4 is 10.6 Å². The normalized spacial score (nSPS) is 14.2. The second kappa shape index (κ2) is 4.79. The maximum atomic E-state index is 11.4. The molecule has 0 spiro atoms. The lowest BCUT2D eigenvalue weighted by Crippen LogP contribution is -2.26. The first-order valence-corrected chi connectivity index (χ1v) is 5.38. The summed E-state index contributed by atoms with van der Waals surface area (Å²) in [6.45, 7) is 3.97. The molecule has 1 aliphatic heterocycles. The molecule has 0 unspecified atom stereocenters. The third-order valence-electron chi connectivity index (χ3n) is 2.50. The lowest BCUT2D eigenvalue weighted by molar-refractivity contribution is 0.101. The molecule has 1 aromatic rings. The topological polar surface area (TPSA) is 53.5 Å². The van der Waals surface area contributed by atoms with Gasteiger partial charge in [-0.2, -0.15) is 0 Å². The Hall–Kier alpha value is -1.84. The van der Waals surface area contributed by atoms with E-state index in [1.807, 2.05) is 24.3 Å². The molecular formula is C12H15N3O. The van der Waals surface area contributed by atoms with Gasteiger partial charge in [0, 0.05) is 17.8 Å². The smallest absolute Gasteiger partial charge is 0.161 e. The van der Waals surface area contributed by atoms with Gasteiger partial charge in [0.25, 0.3) is 0 Å². The molecule has 2 rings (SSSR count). The van der Waals surface area contributed by atoms with Crippen LogP contribution in [0.15, 0.2) is 29.3 Å². The number of anilines is 1. The van der Waals surface area contributed by atoms with Gasteiger partial charge in [-0.05, 0) is 19.1 Å². The van der Waals surface area contributed by atoms with E-state index in [0.29, 0.717) is 6.54 Å². The van der Waals surface area contributed by atoms with Crippen molar-refractivity contribution in [2.75, 3.05) is 25.0 Å². The molecule has 0 fully saturated rings. The molecule has 0 saturated heterocycles. The van der Waals surface area contributed by atoms with Crippen LogP contribution in [-0.2, 0) is 0 Å². The molecule has 84 valence electrons. The number of Topliss-reactive ketones (excluding diaryl/α,β-unsaturated/α-hetero) is 1.